The second-order valence-electron chi connectivity index (χ2n) is 4.50. The fourth-order valence-corrected chi connectivity index (χ4v) is 1.73. The Labute approximate surface area is 113 Å². The SMILES string of the molecule is O=C(NCCCOC1CCNCC1)C(F)(F)C(F)(F)F. The van der Waals surface area contributed by atoms with E-state index in [4.69, 9.17) is 4.74 Å². The molecule has 118 valence electrons. The molecule has 2 N–H and O–H groups in total. The predicted octanol–water partition coefficient (Wildman–Crippen LogP) is 1.46. The second kappa shape index (κ2) is 7.16. The molecule has 1 heterocycles. The van der Waals surface area contributed by atoms with Gasteiger partial charge in [-0.3, -0.25) is 4.79 Å². The van der Waals surface area contributed by atoms with Gasteiger partial charge in [-0.25, -0.2) is 0 Å². The van der Waals surface area contributed by atoms with Crippen LogP contribution in [0.3, 0.4) is 0 Å². The van der Waals surface area contributed by atoms with Crippen molar-refractivity contribution in [2.75, 3.05) is 26.2 Å². The highest BCUT2D eigenvalue weighted by atomic mass is 19.4. The van der Waals surface area contributed by atoms with E-state index >= 15 is 0 Å². The zero-order chi connectivity index (χ0) is 15.2. The lowest BCUT2D eigenvalue weighted by atomic mass is 10.1. The standard InChI is InChI=1S/C11H17F5N2O2/c12-10(13,11(14,15)16)9(19)18-4-1-7-20-8-2-5-17-6-3-8/h8,17H,1-7H2,(H,18,19). The third kappa shape index (κ3) is 4.86. The first-order valence-electron chi connectivity index (χ1n) is 6.30. The number of nitrogens with one attached hydrogen (secondary N) is 2. The molecule has 0 aromatic carbocycles. The summed E-state index contributed by atoms with van der Waals surface area (Å²) in [5.41, 5.74) is 0. The van der Waals surface area contributed by atoms with Crippen molar-refractivity contribution in [2.24, 2.45) is 0 Å². The molecule has 0 spiro atoms. The molecule has 0 atom stereocenters. The van der Waals surface area contributed by atoms with Crippen LogP contribution in [0.4, 0.5) is 22.0 Å². The van der Waals surface area contributed by atoms with Gasteiger partial charge in [0.05, 0.1) is 6.10 Å². The normalized spacial score (nSPS) is 18.1. The van der Waals surface area contributed by atoms with Crippen molar-refractivity contribution in [1.82, 2.24) is 10.6 Å². The fraction of sp³-hybridized carbons (Fsp3) is 0.909. The minimum atomic E-state index is -5.87. The number of amides is 1. The van der Waals surface area contributed by atoms with Crippen molar-refractivity contribution in [1.29, 1.82) is 0 Å². The number of rotatable bonds is 6. The van der Waals surface area contributed by atoms with Gasteiger partial charge in [0.1, 0.15) is 0 Å². The van der Waals surface area contributed by atoms with Crippen LogP contribution < -0.4 is 10.6 Å². The number of carbonyl (C=O) groups is 1. The van der Waals surface area contributed by atoms with Crippen molar-refractivity contribution in [3.63, 3.8) is 0 Å². The van der Waals surface area contributed by atoms with Gasteiger partial charge in [0.15, 0.2) is 0 Å². The van der Waals surface area contributed by atoms with Crippen LogP contribution in [0.25, 0.3) is 0 Å². The van der Waals surface area contributed by atoms with Crippen LogP contribution in [0, 0.1) is 0 Å². The molecule has 0 aliphatic carbocycles. The van der Waals surface area contributed by atoms with Crippen molar-refractivity contribution in [2.45, 2.75) is 37.5 Å². The van der Waals surface area contributed by atoms with E-state index < -0.39 is 18.0 Å². The topological polar surface area (TPSA) is 50.4 Å². The summed E-state index contributed by atoms with van der Waals surface area (Å²) in [6.07, 6.45) is -3.95. The predicted molar refractivity (Wildman–Crippen MR) is 60.5 cm³/mol. The van der Waals surface area contributed by atoms with Crippen LogP contribution in [-0.2, 0) is 9.53 Å². The second-order valence-corrected chi connectivity index (χ2v) is 4.50. The summed E-state index contributed by atoms with van der Waals surface area (Å²) in [7, 11) is 0. The van der Waals surface area contributed by atoms with Gasteiger partial charge in [0.25, 0.3) is 5.91 Å². The van der Waals surface area contributed by atoms with Gasteiger partial charge in [-0.2, -0.15) is 22.0 Å². The number of ether oxygens (including phenoxy) is 1. The molecule has 20 heavy (non-hydrogen) atoms. The monoisotopic (exact) mass is 304 g/mol. The Morgan fingerprint density at radius 2 is 1.80 bits per heavy atom. The van der Waals surface area contributed by atoms with Crippen molar-refractivity contribution in [3.8, 4) is 0 Å². The van der Waals surface area contributed by atoms with Crippen molar-refractivity contribution >= 4 is 5.91 Å². The molecule has 0 bridgehead atoms. The summed E-state index contributed by atoms with van der Waals surface area (Å²) >= 11 is 0. The Morgan fingerprint density at radius 1 is 1.20 bits per heavy atom. The van der Waals surface area contributed by atoms with E-state index in [9.17, 15) is 26.7 Å². The van der Waals surface area contributed by atoms with E-state index in [0.29, 0.717) is 0 Å². The lowest BCUT2D eigenvalue weighted by Gasteiger charge is -2.23. The lowest BCUT2D eigenvalue weighted by Crippen LogP contribution is -2.50. The summed E-state index contributed by atoms with van der Waals surface area (Å²) in [6.45, 7) is 1.59. The van der Waals surface area contributed by atoms with Gasteiger partial charge in [0.2, 0.25) is 0 Å². The summed E-state index contributed by atoms with van der Waals surface area (Å²) in [5.74, 6) is -7.69. The van der Waals surface area contributed by atoms with Gasteiger partial charge in [0, 0.05) is 13.2 Å². The molecule has 0 radical (unpaired) electrons. The molecule has 1 aliphatic heterocycles. The fourth-order valence-electron chi connectivity index (χ4n) is 1.73. The molecule has 0 unspecified atom stereocenters. The van der Waals surface area contributed by atoms with Crippen LogP contribution in [0.15, 0.2) is 0 Å². The highest BCUT2D eigenvalue weighted by Gasteiger charge is 2.63. The van der Waals surface area contributed by atoms with E-state index in [1.807, 2.05) is 0 Å². The Morgan fingerprint density at radius 3 is 2.35 bits per heavy atom. The molecule has 0 aromatic heterocycles. The smallest absolute Gasteiger partial charge is 0.378 e. The van der Waals surface area contributed by atoms with Gasteiger partial charge < -0.3 is 15.4 Å². The summed E-state index contributed by atoms with van der Waals surface area (Å²) in [5, 5.41) is 4.70. The van der Waals surface area contributed by atoms with E-state index in [1.165, 1.54) is 0 Å². The average molecular weight is 304 g/mol. The molecule has 1 saturated heterocycles. The highest BCUT2D eigenvalue weighted by Crippen LogP contribution is 2.35. The van der Waals surface area contributed by atoms with Gasteiger partial charge in [-0.1, -0.05) is 0 Å². The van der Waals surface area contributed by atoms with Crippen LogP contribution in [0.2, 0.25) is 0 Å². The third-order valence-corrected chi connectivity index (χ3v) is 2.89. The number of piperidine rings is 1. The summed E-state index contributed by atoms with van der Waals surface area (Å²) in [6, 6.07) is 0. The zero-order valence-corrected chi connectivity index (χ0v) is 10.7. The number of halogens is 5. The minimum Gasteiger partial charge on any atom is -0.378 e. The Hall–Kier alpha value is -0.960. The first kappa shape index (κ1) is 17.1. The van der Waals surface area contributed by atoms with Gasteiger partial charge >= 0.3 is 12.1 Å². The first-order valence-corrected chi connectivity index (χ1v) is 6.30. The summed E-state index contributed by atoms with van der Waals surface area (Å²) < 4.78 is 66.1. The average Bonchev–Trinajstić information content (AvgIpc) is 2.38. The molecule has 1 amide bonds. The molecule has 0 aromatic rings. The Kier molecular flexibility index (Phi) is 6.12. The van der Waals surface area contributed by atoms with E-state index in [-0.39, 0.29) is 25.7 Å². The van der Waals surface area contributed by atoms with Gasteiger partial charge in [-0.05, 0) is 32.4 Å². The number of carbonyl (C=O) groups excluding carboxylic acids is 1. The van der Waals surface area contributed by atoms with Crippen LogP contribution >= 0.6 is 0 Å². The highest BCUT2D eigenvalue weighted by molar-refractivity contribution is 5.84. The molecule has 0 saturated carbocycles. The van der Waals surface area contributed by atoms with E-state index in [1.54, 1.807) is 5.32 Å². The van der Waals surface area contributed by atoms with E-state index in [2.05, 4.69) is 5.32 Å². The third-order valence-electron chi connectivity index (χ3n) is 2.89. The minimum absolute atomic E-state index is 0.0727. The quantitative estimate of drug-likeness (QED) is 0.577. The lowest BCUT2D eigenvalue weighted by molar-refractivity contribution is -0.269. The Balaban J connectivity index is 2.16. The summed E-state index contributed by atoms with van der Waals surface area (Å²) in [4.78, 5) is 10.7. The maximum atomic E-state index is 12.5. The zero-order valence-electron chi connectivity index (χ0n) is 10.7. The van der Waals surface area contributed by atoms with Crippen molar-refractivity contribution < 1.29 is 31.5 Å². The van der Waals surface area contributed by atoms with Crippen LogP contribution in [-0.4, -0.2) is 50.4 Å². The Bertz CT molecular complexity index is 316. The molecule has 1 rings (SSSR count). The van der Waals surface area contributed by atoms with Crippen LogP contribution in [0.5, 0.6) is 0 Å². The molecular formula is C11H17F5N2O2. The largest absolute Gasteiger partial charge is 0.463 e. The van der Waals surface area contributed by atoms with Crippen molar-refractivity contribution in [3.05, 3.63) is 0 Å². The maximum absolute atomic E-state index is 12.5. The molecule has 1 fully saturated rings. The maximum Gasteiger partial charge on any atom is 0.463 e. The number of hydrogen-bond acceptors (Lipinski definition) is 3. The van der Waals surface area contributed by atoms with E-state index in [0.717, 1.165) is 25.9 Å². The molecule has 9 heteroatoms. The van der Waals surface area contributed by atoms with Gasteiger partial charge in [-0.15, -0.1) is 0 Å². The van der Waals surface area contributed by atoms with Crippen LogP contribution in [0.1, 0.15) is 19.3 Å². The molecular weight excluding hydrogens is 287 g/mol. The first-order chi connectivity index (χ1) is 9.25. The number of hydrogen-bond donors (Lipinski definition) is 2. The molecule has 1 aliphatic rings. The molecule has 4 nitrogen and oxygen atoms in total. The number of alkyl halides is 5.